The van der Waals surface area contributed by atoms with Crippen molar-refractivity contribution in [3.63, 3.8) is 0 Å². The summed E-state index contributed by atoms with van der Waals surface area (Å²) < 4.78 is 4.87. The van der Waals surface area contributed by atoms with Crippen LogP contribution < -0.4 is 0 Å². The Labute approximate surface area is 91.2 Å². The van der Waals surface area contributed by atoms with Crippen LogP contribution in [-0.2, 0) is 16.1 Å². The summed E-state index contributed by atoms with van der Waals surface area (Å²) >= 11 is 11.5. The number of rotatable bonds is 4. The van der Waals surface area contributed by atoms with Crippen LogP contribution in [0.4, 0.5) is 0 Å². The van der Waals surface area contributed by atoms with Crippen molar-refractivity contribution in [2.24, 2.45) is 0 Å². The molecule has 5 heteroatoms. The van der Waals surface area contributed by atoms with Gasteiger partial charge in [0.15, 0.2) is 0 Å². The molecule has 1 N–H and O–H groups in total. The standard InChI is InChI=1S/C9H8Cl2O3/c10-7-2-1-6(8(11)3-7)4-14-5-9(12)13/h1-3H,4-5H2,(H,12,13). The minimum absolute atomic E-state index is 0.169. The fourth-order valence-corrected chi connectivity index (χ4v) is 1.35. The Kier molecular flexibility index (Phi) is 4.20. The molecule has 3 nitrogen and oxygen atoms in total. The van der Waals surface area contributed by atoms with Crippen LogP contribution >= 0.6 is 23.2 Å². The highest BCUT2D eigenvalue weighted by Crippen LogP contribution is 2.21. The molecule has 0 aliphatic heterocycles. The highest BCUT2D eigenvalue weighted by atomic mass is 35.5. The molecule has 14 heavy (non-hydrogen) atoms. The predicted octanol–water partition coefficient (Wildman–Crippen LogP) is 2.59. The second-order valence-corrected chi connectivity index (χ2v) is 3.47. The van der Waals surface area contributed by atoms with Gasteiger partial charge in [-0.1, -0.05) is 29.3 Å². The highest BCUT2D eigenvalue weighted by Gasteiger charge is 2.02. The van der Waals surface area contributed by atoms with Crippen LogP contribution in [0.1, 0.15) is 5.56 Å². The molecule has 0 aliphatic carbocycles. The molecule has 0 saturated carbocycles. The monoisotopic (exact) mass is 234 g/mol. The maximum Gasteiger partial charge on any atom is 0.329 e. The molecule has 0 aromatic heterocycles. The van der Waals surface area contributed by atoms with Crippen molar-refractivity contribution in [2.45, 2.75) is 6.61 Å². The largest absolute Gasteiger partial charge is 0.480 e. The second kappa shape index (κ2) is 5.20. The molecule has 0 aliphatic rings. The van der Waals surface area contributed by atoms with Gasteiger partial charge in [0.05, 0.1) is 6.61 Å². The lowest BCUT2D eigenvalue weighted by Gasteiger charge is -2.04. The Morgan fingerprint density at radius 3 is 2.71 bits per heavy atom. The van der Waals surface area contributed by atoms with Crippen LogP contribution in [0.15, 0.2) is 18.2 Å². The van der Waals surface area contributed by atoms with Gasteiger partial charge in [-0.25, -0.2) is 4.79 Å². The fourth-order valence-electron chi connectivity index (χ4n) is 0.887. The van der Waals surface area contributed by atoms with Crippen molar-refractivity contribution >= 4 is 29.2 Å². The lowest BCUT2D eigenvalue weighted by Crippen LogP contribution is -2.06. The summed E-state index contributed by atoms with van der Waals surface area (Å²) in [6.07, 6.45) is 0. The Bertz CT molecular complexity index is 339. The third-order valence-corrected chi connectivity index (χ3v) is 2.09. The van der Waals surface area contributed by atoms with Crippen LogP contribution in [0.5, 0.6) is 0 Å². The molecular weight excluding hydrogens is 227 g/mol. The Balaban J connectivity index is 2.55. The average Bonchev–Trinajstić information content (AvgIpc) is 2.08. The SMILES string of the molecule is O=C(O)COCc1ccc(Cl)cc1Cl. The zero-order valence-electron chi connectivity index (χ0n) is 7.17. The van der Waals surface area contributed by atoms with Crippen LogP contribution in [0.2, 0.25) is 10.0 Å². The second-order valence-electron chi connectivity index (χ2n) is 2.62. The molecule has 0 unspecified atom stereocenters. The molecular formula is C9H8Cl2O3. The van der Waals surface area contributed by atoms with E-state index in [-0.39, 0.29) is 13.2 Å². The fraction of sp³-hybridized carbons (Fsp3) is 0.222. The molecule has 0 bridgehead atoms. The van der Waals surface area contributed by atoms with Crippen molar-refractivity contribution in [2.75, 3.05) is 6.61 Å². The summed E-state index contributed by atoms with van der Waals surface area (Å²) in [4.78, 5) is 10.1. The number of carboxylic acids is 1. The van der Waals surface area contributed by atoms with Crippen molar-refractivity contribution in [3.05, 3.63) is 33.8 Å². The van der Waals surface area contributed by atoms with E-state index in [4.69, 9.17) is 33.0 Å². The molecule has 0 amide bonds. The van der Waals surface area contributed by atoms with E-state index in [9.17, 15) is 4.79 Å². The Morgan fingerprint density at radius 1 is 1.43 bits per heavy atom. The molecule has 1 aromatic rings. The summed E-state index contributed by atoms with van der Waals surface area (Å²) in [5, 5.41) is 9.34. The number of aliphatic carboxylic acids is 1. The molecule has 1 rings (SSSR count). The molecule has 0 heterocycles. The molecule has 0 spiro atoms. The van der Waals surface area contributed by atoms with E-state index in [0.717, 1.165) is 5.56 Å². The summed E-state index contributed by atoms with van der Waals surface area (Å²) in [5.74, 6) is -1.00. The quantitative estimate of drug-likeness (QED) is 0.872. The number of hydrogen-bond acceptors (Lipinski definition) is 2. The van der Waals surface area contributed by atoms with Gasteiger partial charge >= 0.3 is 5.97 Å². The third-order valence-electron chi connectivity index (χ3n) is 1.50. The topological polar surface area (TPSA) is 46.5 Å². The maximum absolute atomic E-state index is 10.1. The first-order valence-corrected chi connectivity index (χ1v) is 4.58. The first-order valence-electron chi connectivity index (χ1n) is 3.83. The summed E-state index contributed by atoms with van der Waals surface area (Å²) in [6.45, 7) is -0.165. The van der Waals surface area contributed by atoms with Crippen LogP contribution in [0.25, 0.3) is 0 Å². The van der Waals surface area contributed by atoms with Gasteiger partial charge < -0.3 is 9.84 Å². The Morgan fingerprint density at radius 2 is 2.14 bits per heavy atom. The van der Waals surface area contributed by atoms with E-state index >= 15 is 0 Å². The van der Waals surface area contributed by atoms with Crippen molar-refractivity contribution in [3.8, 4) is 0 Å². The van der Waals surface area contributed by atoms with Gasteiger partial charge in [0.25, 0.3) is 0 Å². The lowest BCUT2D eigenvalue weighted by atomic mass is 10.2. The van der Waals surface area contributed by atoms with Gasteiger partial charge in [0, 0.05) is 10.0 Å². The normalized spacial score (nSPS) is 10.1. The lowest BCUT2D eigenvalue weighted by molar-refractivity contribution is -0.142. The van der Waals surface area contributed by atoms with Gasteiger partial charge in [-0.15, -0.1) is 0 Å². The van der Waals surface area contributed by atoms with E-state index in [2.05, 4.69) is 0 Å². The number of ether oxygens (including phenoxy) is 1. The van der Waals surface area contributed by atoms with E-state index in [0.29, 0.717) is 10.0 Å². The number of carboxylic acid groups (broad SMARTS) is 1. The van der Waals surface area contributed by atoms with Gasteiger partial charge in [0.2, 0.25) is 0 Å². The van der Waals surface area contributed by atoms with Crippen molar-refractivity contribution < 1.29 is 14.6 Å². The molecule has 76 valence electrons. The number of benzene rings is 1. The van der Waals surface area contributed by atoms with E-state index in [1.165, 1.54) is 0 Å². The minimum atomic E-state index is -1.00. The third kappa shape index (κ3) is 3.54. The molecule has 0 saturated heterocycles. The Hall–Kier alpha value is -0.770. The molecule has 1 aromatic carbocycles. The van der Waals surface area contributed by atoms with Gasteiger partial charge in [-0.2, -0.15) is 0 Å². The molecule has 0 radical (unpaired) electrons. The smallest absolute Gasteiger partial charge is 0.329 e. The number of carbonyl (C=O) groups is 1. The summed E-state index contributed by atoms with van der Waals surface area (Å²) in [5.41, 5.74) is 0.720. The number of halogens is 2. The molecule has 0 fully saturated rings. The van der Waals surface area contributed by atoms with Crippen LogP contribution in [0.3, 0.4) is 0 Å². The maximum atomic E-state index is 10.1. The zero-order valence-corrected chi connectivity index (χ0v) is 8.68. The predicted molar refractivity (Wildman–Crippen MR) is 53.8 cm³/mol. The van der Waals surface area contributed by atoms with Gasteiger partial charge in [-0.3, -0.25) is 0 Å². The van der Waals surface area contributed by atoms with Gasteiger partial charge in [-0.05, 0) is 17.7 Å². The number of hydrogen-bond donors (Lipinski definition) is 1. The van der Waals surface area contributed by atoms with Crippen LogP contribution in [-0.4, -0.2) is 17.7 Å². The van der Waals surface area contributed by atoms with E-state index in [1.54, 1.807) is 18.2 Å². The summed E-state index contributed by atoms with van der Waals surface area (Å²) in [7, 11) is 0. The van der Waals surface area contributed by atoms with E-state index in [1.807, 2.05) is 0 Å². The van der Waals surface area contributed by atoms with Gasteiger partial charge in [0.1, 0.15) is 6.61 Å². The van der Waals surface area contributed by atoms with Crippen LogP contribution in [0, 0.1) is 0 Å². The minimum Gasteiger partial charge on any atom is -0.480 e. The summed E-state index contributed by atoms with van der Waals surface area (Å²) in [6, 6.07) is 4.96. The first kappa shape index (κ1) is 11.3. The van der Waals surface area contributed by atoms with Crippen molar-refractivity contribution in [1.82, 2.24) is 0 Å². The molecule has 0 atom stereocenters. The first-order chi connectivity index (χ1) is 6.59. The van der Waals surface area contributed by atoms with Crippen molar-refractivity contribution in [1.29, 1.82) is 0 Å². The highest BCUT2D eigenvalue weighted by molar-refractivity contribution is 6.35. The van der Waals surface area contributed by atoms with E-state index < -0.39 is 5.97 Å². The average molecular weight is 235 g/mol. The zero-order chi connectivity index (χ0) is 10.6.